The van der Waals surface area contributed by atoms with Crippen molar-refractivity contribution in [3.8, 4) is 11.5 Å². The molecule has 2 fully saturated rings. The summed E-state index contributed by atoms with van der Waals surface area (Å²) in [5, 5.41) is 3.20. The zero-order valence-corrected chi connectivity index (χ0v) is 18.9. The van der Waals surface area contributed by atoms with E-state index in [0.29, 0.717) is 25.1 Å². The molecule has 1 atom stereocenters. The first kappa shape index (κ1) is 22.9. The molecule has 0 radical (unpaired) electrons. The smallest absolute Gasteiger partial charge is 0.246 e. The molecule has 0 aromatic heterocycles. The fraction of sp³-hybridized carbons (Fsp3) is 0.682. The van der Waals surface area contributed by atoms with Gasteiger partial charge >= 0.3 is 0 Å². The number of ether oxygens (including phenoxy) is 2. The number of carbonyl (C=O) groups excluding carboxylic acids is 1. The highest BCUT2D eigenvalue weighted by Gasteiger charge is 2.35. The molecule has 1 saturated heterocycles. The predicted octanol–water partition coefficient (Wildman–Crippen LogP) is 3.33. The van der Waals surface area contributed by atoms with Gasteiger partial charge in [-0.3, -0.25) is 4.79 Å². The zero-order chi connectivity index (χ0) is 21.6. The molecule has 1 N–H and O–H groups in total. The standard InChI is InChI=1S/C22H34N2O5S/c1-28-19-12-13-20(29-2)21(15-19)30(26,27)24-14-8-9-17(16-24)22(25)23-18-10-6-4-3-5-7-11-18/h12-13,15,17-18H,3-11,14,16H2,1-2H3,(H,23,25)/t17-/m1/s1. The van der Waals surface area contributed by atoms with Gasteiger partial charge in [0.15, 0.2) is 0 Å². The SMILES string of the molecule is COc1ccc(OC)c(S(=O)(=O)N2CCC[C@@H](C(=O)NC3CCCCCCC3)C2)c1. The fourth-order valence-corrected chi connectivity index (χ4v) is 6.11. The van der Waals surface area contributed by atoms with Crippen molar-refractivity contribution in [3.63, 3.8) is 0 Å². The highest BCUT2D eigenvalue weighted by atomic mass is 32.2. The Morgan fingerprint density at radius 1 is 1.00 bits per heavy atom. The molecule has 1 aromatic rings. The molecule has 1 saturated carbocycles. The van der Waals surface area contributed by atoms with Crippen LogP contribution in [0.5, 0.6) is 11.5 Å². The molecule has 7 nitrogen and oxygen atoms in total. The van der Waals surface area contributed by atoms with Crippen LogP contribution in [-0.4, -0.2) is 52.0 Å². The number of methoxy groups -OCH3 is 2. The average molecular weight is 439 g/mol. The van der Waals surface area contributed by atoms with E-state index in [4.69, 9.17) is 9.47 Å². The second-order valence-electron chi connectivity index (χ2n) is 8.27. The number of nitrogens with one attached hydrogen (secondary N) is 1. The van der Waals surface area contributed by atoms with E-state index < -0.39 is 10.0 Å². The van der Waals surface area contributed by atoms with Gasteiger partial charge in [-0.2, -0.15) is 4.31 Å². The van der Waals surface area contributed by atoms with Crippen LogP contribution >= 0.6 is 0 Å². The second kappa shape index (κ2) is 10.5. The van der Waals surface area contributed by atoms with Crippen molar-refractivity contribution in [1.82, 2.24) is 9.62 Å². The Labute approximate surface area is 180 Å². The van der Waals surface area contributed by atoms with Crippen molar-refractivity contribution in [2.45, 2.75) is 68.7 Å². The number of benzene rings is 1. The molecule has 3 rings (SSSR count). The number of amides is 1. The third-order valence-electron chi connectivity index (χ3n) is 6.20. The van der Waals surface area contributed by atoms with E-state index >= 15 is 0 Å². The Morgan fingerprint density at radius 2 is 1.70 bits per heavy atom. The fourth-order valence-electron chi connectivity index (χ4n) is 4.42. The molecule has 1 aromatic carbocycles. The number of nitrogens with zero attached hydrogens (tertiary/aromatic N) is 1. The second-order valence-corrected chi connectivity index (χ2v) is 10.2. The molecular weight excluding hydrogens is 404 g/mol. The molecule has 1 aliphatic carbocycles. The van der Waals surface area contributed by atoms with E-state index in [9.17, 15) is 13.2 Å². The van der Waals surface area contributed by atoms with Gasteiger partial charge in [-0.1, -0.05) is 32.1 Å². The summed E-state index contributed by atoms with van der Waals surface area (Å²) in [6.07, 6.45) is 9.42. The van der Waals surface area contributed by atoms with E-state index in [-0.39, 0.29) is 35.1 Å². The monoisotopic (exact) mass is 438 g/mol. The Morgan fingerprint density at radius 3 is 2.37 bits per heavy atom. The number of piperidine rings is 1. The lowest BCUT2D eigenvalue weighted by molar-refractivity contribution is -0.126. The highest BCUT2D eigenvalue weighted by Crippen LogP contribution is 2.32. The summed E-state index contributed by atoms with van der Waals surface area (Å²) < 4.78 is 38.6. The summed E-state index contributed by atoms with van der Waals surface area (Å²) in [7, 11) is -0.858. The van der Waals surface area contributed by atoms with Crippen molar-refractivity contribution in [3.05, 3.63) is 18.2 Å². The molecule has 0 unspecified atom stereocenters. The molecule has 8 heteroatoms. The first-order chi connectivity index (χ1) is 14.5. The molecule has 2 aliphatic rings. The lowest BCUT2D eigenvalue weighted by Crippen LogP contribution is -2.47. The summed E-state index contributed by atoms with van der Waals surface area (Å²) in [5.74, 6) is 0.385. The molecule has 0 spiro atoms. The summed E-state index contributed by atoms with van der Waals surface area (Å²) in [4.78, 5) is 13.0. The van der Waals surface area contributed by atoms with Crippen molar-refractivity contribution >= 4 is 15.9 Å². The largest absolute Gasteiger partial charge is 0.497 e. The minimum absolute atomic E-state index is 0.0157. The first-order valence-corrected chi connectivity index (χ1v) is 12.4. The Kier molecular flexibility index (Phi) is 7.99. The van der Waals surface area contributed by atoms with E-state index in [1.54, 1.807) is 12.1 Å². The maximum Gasteiger partial charge on any atom is 0.246 e. The van der Waals surface area contributed by atoms with E-state index in [1.165, 1.54) is 43.9 Å². The Hall–Kier alpha value is -1.80. The Balaban J connectivity index is 1.71. The molecule has 168 valence electrons. The van der Waals surface area contributed by atoms with Crippen molar-refractivity contribution < 1.29 is 22.7 Å². The zero-order valence-electron chi connectivity index (χ0n) is 18.1. The third kappa shape index (κ3) is 5.46. The van der Waals surface area contributed by atoms with Gasteiger partial charge in [0, 0.05) is 25.2 Å². The van der Waals surface area contributed by atoms with Gasteiger partial charge < -0.3 is 14.8 Å². The molecule has 1 amide bonds. The van der Waals surface area contributed by atoms with Gasteiger partial charge in [-0.05, 0) is 37.8 Å². The van der Waals surface area contributed by atoms with E-state index in [1.807, 2.05) is 0 Å². The van der Waals surface area contributed by atoms with E-state index in [0.717, 1.165) is 25.7 Å². The Bertz CT molecular complexity index is 819. The van der Waals surface area contributed by atoms with Crippen LogP contribution in [0.25, 0.3) is 0 Å². The van der Waals surface area contributed by atoms with Crippen LogP contribution in [0.4, 0.5) is 0 Å². The summed E-state index contributed by atoms with van der Waals surface area (Å²) in [6.45, 7) is 0.594. The molecule has 0 bridgehead atoms. The number of carbonyl (C=O) groups is 1. The molecule has 30 heavy (non-hydrogen) atoms. The third-order valence-corrected chi connectivity index (χ3v) is 8.08. The van der Waals surface area contributed by atoms with Crippen molar-refractivity contribution in [2.75, 3.05) is 27.3 Å². The van der Waals surface area contributed by atoms with Crippen LogP contribution in [0.15, 0.2) is 23.1 Å². The number of rotatable bonds is 6. The normalized spacial score (nSPS) is 22.0. The molecular formula is C22H34N2O5S. The van der Waals surface area contributed by atoms with Crippen LogP contribution in [0, 0.1) is 5.92 Å². The lowest BCUT2D eigenvalue weighted by atomic mass is 9.94. The number of sulfonamides is 1. The van der Waals surface area contributed by atoms with Crippen molar-refractivity contribution in [1.29, 1.82) is 0 Å². The van der Waals surface area contributed by atoms with Gasteiger partial charge in [0.25, 0.3) is 0 Å². The van der Waals surface area contributed by atoms with Gasteiger partial charge in [-0.15, -0.1) is 0 Å². The minimum Gasteiger partial charge on any atom is -0.497 e. The van der Waals surface area contributed by atoms with Gasteiger partial charge in [-0.25, -0.2) is 8.42 Å². The van der Waals surface area contributed by atoms with E-state index in [2.05, 4.69) is 5.32 Å². The molecule has 1 aliphatic heterocycles. The maximum atomic E-state index is 13.3. The average Bonchev–Trinajstić information content (AvgIpc) is 2.75. The topological polar surface area (TPSA) is 84.9 Å². The predicted molar refractivity (Wildman–Crippen MR) is 115 cm³/mol. The lowest BCUT2D eigenvalue weighted by Gasteiger charge is -2.32. The summed E-state index contributed by atoms with van der Waals surface area (Å²) in [6, 6.07) is 4.95. The summed E-state index contributed by atoms with van der Waals surface area (Å²) >= 11 is 0. The van der Waals surface area contributed by atoms with Crippen LogP contribution < -0.4 is 14.8 Å². The van der Waals surface area contributed by atoms with Crippen molar-refractivity contribution in [2.24, 2.45) is 5.92 Å². The quantitative estimate of drug-likeness (QED) is 0.736. The summed E-state index contributed by atoms with van der Waals surface area (Å²) in [5.41, 5.74) is 0. The minimum atomic E-state index is -3.80. The van der Waals surface area contributed by atoms with Gasteiger partial charge in [0.2, 0.25) is 15.9 Å². The highest BCUT2D eigenvalue weighted by molar-refractivity contribution is 7.89. The first-order valence-electron chi connectivity index (χ1n) is 11.0. The maximum absolute atomic E-state index is 13.3. The number of hydrogen-bond donors (Lipinski definition) is 1. The number of hydrogen-bond acceptors (Lipinski definition) is 5. The van der Waals surface area contributed by atoms with Crippen LogP contribution in [0.3, 0.4) is 0 Å². The van der Waals surface area contributed by atoms with Gasteiger partial charge in [0.05, 0.1) is 20.1 Å². The molecule has 1 heterocycles. The van der Waals surface area contributed by atoms with Gasteiger partial charge in [0.1, 0.15) is 16.4 Å². The van der Waals surface area contributed by atoms with Crippen LogP contribution in [0.2, 0.25) is 0 Å². The van der Waals surface area contributed by atoms with Crippen LogP contribution in [-0.2, 0) is 14.8 Å². The van der Waals surface area contributed by atoms with Crippen LogP contribution in [0.1, 0.15) is 57.8 Å².